The molecule has 6 heterocycles. The number of aromatic nitrogens is 4. The Morgan fingerprint density at radius 3 is 1.84 bits per heavy atom. The molecular formula is C46H35N5. The fraction of sp³-hybridized carbons (Fsp3) is 0.130. The standard InChI is InChI=1S/C46H35N5/c1-45(2)34-14-6-8-19-39(34)50(43-36(45)16-10-24-47-43)29-21-22-31-30-12-5-7-18-38(30)49(40(31)27-29)28-20-23-32-33-13-9-15-35-42(33)51(41(32)26-28)44-37(46(35,3)4)17-11-25-48-44/h5-27H,1-4H3. The quantitative estimate of drug-likeness (QED) is 0.186. The van der Waals surface area contributed by atoms with Crippen LogP contribution in [0.25, 0.3) is 55.1 Å². The van der Waals surface area contributed by atoms with Crippen molar-refractivity contribution in [3.05, 3.63) is 162 Å². The summed E-state index contributed by atoms with van der Waals surface area (Å²) < 4.78 is 4.84. The molecule has 5 heteroatoms. The van der Waals surface area contributed by atoms with Crippen LogP contribution in [0.1, 0.15) is 49.9 Å². The normalized spacial score (nSPS) is 15.3. The molecule has 5 nitrogen and oxygen atoms in total. The Kier molecular flexibility index (Phi) is 5.46. The fourth-order valence-corrected chi connectivity index (χ4v) is 9.28. The summed E-state index contributed by atoms with van der Waals surface area (Å²) in [6.45, 7) is 9.24. The predicted molar refractivity (Wildman–Crippen MR) is 210 cm³/mol. The van der Waals surface area contributed by atoms with Crippen LogP contribution in [0, 0.1) is 0 Å². The van der Waals surface area contributed by atoms with Crippen molar-refractivity contribution in [1.82, 2.24) is 19.1 Å². The lowest BCUT2D eigenvalue weighted by Gasteiger charge is -2.40. The highest BCUT2D eigenvalue weighted by Gasteiger charge is 2.38. The lowest BCUT2D eigenvalue weighted by molar-refractivity contribution is 0.624. The molecule has 0 spiro atoms. The molecule has 0 radical (unpaired) electrons. The van der Waals surface area contributed by atoms with E-state index < -0.39 is 0 Å². The van der Waals surface area contributed by atoms with Gasteiger partial charge in [0.2, 0.25) is 0 Å². The van der Waals surface area contributed by atoms with Crippen LogP contribution in [0.5, 0.6) is 0 Å². The van der Waals surface area contributed by atoms with Crippen molar-refractivity contribution in [3.8, 4) is 11.5 Å². The second-order valence-electron chi connectivity index (χ2n) is 15.1. The summed E-state index contributed by atoms with van der Waals surface area (Å²) in [4.78, 5) is 12.4. The Balaban J connectivity index is 1.20. The topological polar surface area (TPSA) is 38.9 Å². The summed E-state index contributed by atoms with van der Waals surface area (Å²) in [6.07, 6.45) is 3.83. The zero-order valence-corrected chi connectivity index (χ0v) is 29.0. The minimum absolute atomic E-state index is 0.157. The molecule has 2 aliphatic heterocycles. The SMILES string of the molecule is CC1(C)c2ccccc2N(c2ccc3c4ccccc4n(-c4ccc5c6cccc7c6n(c5c4)-c4ncccc4C7(C)C)c3c2)c2ncccc21. The van der Waals surface area contributed by atoms with Crippen molar-refractivity contribution in [1.29, 1.82) is 0 Å². The van der Waals surface area contributed by atoms with Crippen LogP contribution < -0.4 is 4.90 Å². The first-order valence-electron chi connectivity index (χ1n) is 17.8. The first-order valence-corrected chi connectivity index (χ1v) is 17.8. The van der Waals surface area contributed by atoms with E-state index in [-0.39, 0.29) is 10.8 Å². The molecular weight excluding hydrogens is 623 g/mol. The molecule has 0 saturated carbocycles. The maximum Gasteiger partial charge on any atom is 0.141 e. The van der Waals surface area contributed by atoms with Crippen molar-refractivity contribution < 1.29 is 0 Å². The van der Waals surface area contributed by atoms with E-state index in [0.717, 1.165) is 34.0 Å². The maximum atomic E-state index is 5.01. The maximum absolute atomic E-state index is 5.01. The number of hydrogen-bond acceptors (Lipinski definition) is 3. The summed E-state index contributed by atoms with van der Waals surface area (Å²) in [5.74, 6) is 1.99. The van der Waals surface area contributed by atoms with Gasteiger partial charge in [0.05, 0.1) is 27.8 Å². The molecule has 0 unspecified atom stereocenters. The summed E-state index contributed by atoms with van der Waals surface area (Å²) in [5.41, 5.74) is 12.9. The first kappa shape index (κ1) is 28.6. The largest absolute Gasteiger partial charge is 0.309 e. The van der Waals surface area contributed by atoms with Gasteiger partial charge in [0.15, 0.2) is 0 Å². The van der Waals surface area contributed by atoms with Crippen LogP contribution >= 0.6 is 0 Å². The number of rotatable bonds is 2. The summed E-state index contributed by atoms with van der Waals surface area (Å²) in [7, 11) is 0. The molecule has 0 fully saturated rings. The number of para-hydroxylation sites is 3. The molecule has 9 aromatic rings. The van der Waals surface area contributed by atoms with Crippen LogP contribution in [0.2, 0.25) is 0 Å². The monoisotopic (exact) mass is 657 g/mol. The van der Waals surface area contributed by atoms with Crippen molar-refractivity contribution in [3.63, 3.8) is 0 Å². The van der Waals surface area contributed by atoms with Crippen molar-refractivity contribution >= 4 is 60.8 Å². The third-order valence-corrected chi connectivity index (χ3v) is 11.8. The van der Waals surface area contributed by atoms with E-state index >= 15 is 0 Å². The fourth-order valence-electron chi connectivity index (χ4n) is 9.28. The van der Waals surface area contributed by atoms with E-state index in [0.29, 0.717) is 0 Å². The Morgan fingerprint density at radius 1 is 0.431 bits per heavy atom. The van der Waals surface area contributed by atoms with E-state index in [1.165, 1.54) is 60.5 Å². The van der Waals surface area contributed by atoms with Crippen molar-refractivity contribution in [2.75, 3.05) is 4.90 Å². The third-order valence-electron chi connectivity index (χ3n) is 11.8. The molecule has 5 aromatic carbocycles. The van der Waals surface area contributed by atoms with Gasteiger partial charge in [-0.25, -0.2) is 9.97 Å². The van der Waals surface area contributed by atoms with Gasteiger partial charge in [0.25, 0.3) is 0 Å². The summed E-state index contributed by atoms with van der Waals surface area (Å²) in [5, 5.41) is 4.96. The molecule has 11 rings (SSSR count). The second-order valence-corrected chi connectivity index (χ2v) is 15.1. The average Bonchev–Trinajstić information content (AvgIpc) is 3.67. The van der Waals surface area contributed by atoms with E-state index in [1.54, 1.807) is 0 Å². The zero-order chi connectivity index (χ0) is 34.2. The molecule has 0 atom stereocenters. The summed E-state index contributed by atoms with van der Waals surface area (Å²) in [6, 6.07) is 46.7. The van der Waals surface area contributed by atoms with E-state index in [4.69, 9.17) is 9.97 Å². The minimum atomic E-state index is -0.172. The van der Waals surface area contributed by atoms with Crippen LogP contribution in [0.15, 0.2) is 140 Å². The van der Waals surface area contributed by atoms with Crippen LogP contribution in [0.4, 0.5) is 17.2 Å². The molecule has 2 aliphatic rings. The number of anilines is 3. The van der Waals surface area contributed by atoms with E-state index in [2.05, 4.69) is 169 Å². The molecule has 0 bridgehead atoms. The van der Waals surface area contributed by atoms with Crippen LogP contribution in [0.3, 0.4) is 0 Å². The zero-order valence-electron chi connectivity index (χ0n) is 29.0. The molecule has 244 valence electrons. The minimum Gasteiger partial charge on any atom is -0.309 e. The highest BCUT2D eigenvalue weighted by Crippen LogP contribution is 2.52. The molecule has 0 saturated heterocycles. The van der Waals surface area contributed by atoms with Crippen LogP contribution in [-0.4, -0.2) is 19.1 Å². The molecule has 0 N–H and O–H groups in total. The molecule has 51 heavy (non-hydrogen) atoms. The lowest BCUT2D eigenvalue weighted by atomic mass is 9.74. The van der Waals surface area contributed by atoms with Gasteiger partial charge in [-0.05, 0) is 59.7 Å². The van der Waals surface area contributed by atoms with Gasteiger partial charge in [0, 0.05) is 67.3 Å². The Labute approximate surface area is 296 Å². The predicted octanol–water partition coefficient (Wildman–Crippen LogP) is 11.4. The van der Waals surface area contributed by atoms with Gasteiger partial charge in [-0.15, -0.1) is 0 Å². The van der Waals surface area contributed by atoms with Gasteiger partial charge in [0.1, 0.15) is 11.6 Å². The Hall–Kier alpha value is -6.20. The molecule has 0 amide bonds. The average molecular weight is 658 g/mol. The third kappa shape index (κ3) is 3.60. The summed E-state index contributed by atoms with van der Waals surface area (Å²) >= 11 is 0. The molecule has 0 aliphatic carbocycles. The van der Waals surface area contributed by atoms with Gasteiger partial charge >= 0.3 is 0 Å². The number of hydrogen-bond donors (Lipinski definition) is 0. The number of nitrogens with zero attached hydrogens (tertiary/aromatic N) is 5. The van der Waals surface area contributed by atoms with Gasteiger partial charge in [-0.2, -0.15) is 0 Å². The van der Waals surface area contributed by atoms with E-state index in [1.807, 2.05) is 12.4 Å². The highest BCUT2D eigenvalue weighted by molar-refractivity contribution is 6.13. The Morgan fingerprint density at radius 2 is 1.00 bits per heavy atom. The number of benzene rings is 5. The van der Waals surface area contributed by atoms with E-state index in [9.17, 15) is 0 Å². The van der Waals surface area contributed by atoms with Gasteiger partial charge in [-0.1, -0.05) is 107 Å². The van der Waals surface area contributed by atoms with Crippen molar-refractivity contribution in [2.45, 2.75) is 38.5 Å². The van der Waals surface area contributed by atoms with Crippen LogP contribution in [-0.2, 0) is 10.8 Å². The highest BCUT2D eigenvalue weighted by atomic mass is 15.2. The van der Waals surface area contributed by atoms with Gasteiger partial charge < -0.3 is 4.57 Å². The Bertz CT molecular complexity index is 2890. The lowest BCUT2D eigenvalue weighted by Crippen LogP contribution is -2.31. The van der Waals surface area contributed by atoms with Crippen molar-refractivity contribution in [2.24, 2.45) is 0 Å². The number of fused-ring (bicyclic) bond motifs is 10. The smallest absolute Gasteiger partial charge is 0.141 e. The first-order chi connectivity index (χ1) is 24.8. The molecule has 4 aromatic heterocycles. The van der Waals surface area contributed by atoms with Gasteiger partial charge in [-0.3, -0.25) is 9.47 Å². The number of pyridine rings is 2. The second kappa shape index (κ2) is 9.73.